The number of carboxylic acid groups (broad SMARTS) is 1. The number of hydrogen-bond donors (Lipinski definition) is 1. The molecule has 92 valence electrons. The maximum absolute atomic E-state index is 10.7. The van der Waals surface area contributed by atoms with Crippen molar-refractivity contribution in [2.45, 2.75) is 50.7 Å². The van der Waals surface area contributed by atoms with Crippen molar-refractivity contribution in [2.75, 3.05) is 19.7 Å². The largest absolute Gasteiger partial charge is 0.481 e. The first-order valence-corrected chi connectivity index (χ1v) is 6.33. The van der Waals surface area contributed by atoms with E-state index in [1.54, 1.807) is 0 Å². The van der Waals surface area contributed by atoms with Crippen LogP contribution in [0.25, 0.3) is 0 Å². The molecule has 0 aliphatic carbocycles. The van der Waals surface area contributed by atoms with E-state index in [4.69, 9.17) is 9.84 Å². The van der Waals surface area contributed by atoms with Crippen molar-refractivity contribution in [2.24, 2.45) is 0 Å². The van der Waals surface area contributed by atoms with Gasteiger partial charge in [-0.25, -0.2) is 0 Å². The standard InChI is InChI=1S/C12H21NO3/c14-12(15)9-10-3-1-6-13(10)7-5-11-4-2-8-16-11/h10-11H,1-9H2,(H,14,15). The molecular formula is C12H21NO3. The molecule has 2 atom stereocenters. The predicted molar refractivity (Wildman–Crippen MR) is 60.4 cm³/mol. The molecule has 0 aromatic heterocycles. The van der Waals surface area contributed by atoms with Gasteiger partial charge in [-0.15, -0.1) is 0 Å². The number of nitrogens with zero attached hydrogens (tertiary/aromatic N) is 1. The van der Waals surface area contributed by atoms with E-state index in [1.165, 1.54) is 12.8 Å². The first kappa shape index (κ1) is 11.9. The summed E-state index contributed by atoms with van der Waals surface area (Å²) in [5, 5.41) is 8.82. The lowest BCUT2D eigenvalue weighted by atomic mass is 10.1. The molecule has 2 saturated heterocycles. The molecule has 4 nitrogen and oxygen atoms in total. The highest BCUT2D eigenvalue weighted by atomic mass is 16.5. The Morgan fingerprint density at radius 2 is 2.25 bits per heavy atom. The second-order valence-electron chi connectivity index (χ2n) is 4.85. The van der Waals surface area contributed by atoms with Gasteiger partial charge in [0.2, 0.25) is 0 Å². The zero-order valence-electron chi connectivity index (χ0n) is 9.73. The Morgan fingerprint density at radius 3 is 2.94 bits per heavy atom. The molecule has 0 spiro atoms. The van der Waals surface area contributed by atoms with Crippen LogP contribution in [0.4, 0.5) is 0 Å². The van der Waals surface area contributed by atoms with E-state index in [1.807, 2.05) is 0 Å². The van der Waals surface area contributed by atoms with E-state index in [-0.39, 0.29) is 6.04 Å². The molecule has 0 bridgehead atoms. The van der Waals surface area contributed by atoms with Crippen LogP contribution in [0.2, 0.25) is 0 Å². The Morgan fingerprint density at radius 1 is 1.38 bits per heavy atom. The summed E-state index contributed by atoms with van der Waals surface area (Å²) in [5.74, 6) is -0.672. The van der Waals surface area contributed by atoms with Crippen LogP contribution in [-0.4, -0.2) is 47.8 Å². The van der Waals surface area contributed by atoms with Crippen molar-refractivity contribution in [3.05, 3.63) is 0 Å². The van der Waals surface area contributed by atoms with Crippen LogP contribution in [-0.2, 0) is 9.53 Å². The summed E-state index contributed by atoms with van der Waals surface area (Å²) >= 11 is 0. The summed E-state index contributed by atoms with van der Waals surface area (Å²) in [5.41, 5.74) is 0. The zero-order valence-corrected chi connectivity index (χ0v) is 9.73. The normalized spacial score (nSPS) is 31.0. The molecule has 2 aliphatic rings. The quantitative estimate of drug-likeness (QED) is 0.773. The lowest BCUT2D eigenvalue weighted by molar-refractivity contribution is -0.138. The van der Waals surface area contributed by atoms with Crippen LogP contribution in [0.1, 0.15) is 38.5 Å². The van der Waals surface area contributed by atoms with Gasteiger partial charge in [0.1, 0.15) is 0 Å². The average Bonchev–Trinajstić information content (AvgIpc) is 2.84. The second kappa shape index (κ2) is 5.64. The first-order chi connectivity index (χ1) is 7.75. The van der Waals surface area contributed by atoms with E-state index < -0.39 is 5.97 Å². The van der Waals surface area contributed by atoms with Crippen LogP contribution < -0.4 is 0 Å². The molecular weight excluding hydrogens is 206 g/mol. The maximum atomic E-state index is 10.7. The fraction of sp³-hybridized carbons (Fsp3) is 0.917. The molecule has 0 aromatic carbocycles. The molecule has 0 aromatic rings. The van der Waals surface area contributed by atoms with Gasteiger partial charge in [-0.1, -0.05) is 0 Å². The summed E-state index contributed by atoms with van der Waals surface area (Å²) in [4.78, 5) is 13.0. The van der Waals surface area contributed by atoms with Crippen molar-refractivity contribution in [1.82, 2.24) is 4.90 Å². The number of aliphatic carboxylic acids is 1. The minimum Gasteiger partial charge on any atom is -0.481 e. The van der Waals surface area contributed by atoms with Crippen LogP contribution in [0, 0.1) is 0 Å². The molecule has 0 amide bonds. The van der Waals surface area contributed by atoms with Crippen LogP contribution in [0.15, 0.2) is 0 Å². The molecule has 1 N–H and O–H groups in total. The Hall–Kier alpha value is -0.610. The summed E-state index contributed by atoms with van der Waals surface area (Å²) in [7, 11) is 0. The topological polar surface area (TPSA) is 49.8 Å². The molecule has 4 heteroatoms. The van der Waals surface area contributed by atoms with Gasteiger partial charge < -0.3 is 9.84 Å². The smallest absolute Gasteiger partial charge is 0.304 e. The van der Waals surface area contributed by atoms with Gasteiger partial charge in [0.05, 0.1) is 12.5 Å². The lowest BCUT2D eigenvalue weighted by Gasteiger charge is -2.24. The molecule has 0 saturated carbocycles. The average molecular weight is 227 g/mol. The minimum atomic E-state index is -0.672. The highest BCUT2D eigenvalue weighted by Crippen LogP contribution is 2.22. The van der Waals surface area contributed by atoms with E-state index in [0.717, 1.165) is 39.0 Å². The van der Waals surface area contributed by atoms with Gasteiger partial charge in [-0.3, -0.25) is 9.69 Å². The van der Waals surface area contributed by atoms with Gasteiger partial charge in [-0.05, 0) is 38.6 Å². The molecule has 2 fully saturated rings. The second-order valence-corrected chi connectivity index (χ2v) is 4.85. The zero-order chi connectivity index (χ0) is 11.4. The van der Waals surface area contributed by atoms with Crippen LogP contribution in [0.5, 0.6) is 0 Å². The Labute approximate surface area is 96.6 Å². The van der Waals surface area contributed by atoms with Gasteiger partial charge in [0, 0.05) is 19.2 Å². The summed E-state index contributed by atoms with van der Waals surface area (Å²) < 4.78 is 5.59. The molecule has 2 unspecified atom stereocenters. The van der Waals surface area contributed by atoms with Crippen LogP contribution in [0.3, 0.4) is 0 Å². The summed E-state index contributed by atoms with van der Waals surface area (Å²) in [6.07, 6.45) is 6.33. The predicted octanol–water partition coefficient (Wildman–Crippen LogP) is 1.49. The van der Waals surface area contributed by atoms with Gasteiger partial charge in [-0.2, -0.15) is 0 Å². The summed E-state index contributed by atoms with van der Waals surface area (Å²) in [6.45, 7) is 2.97. The maximum Gasteiger partial charge on any atom is 0.304 e. The number of likely N-dealkylation sites (tertiary alicyclic amines) is 1. The third-order valence-electron chi connectivity index (χ3n) is 3.67. The van der Waals surface area contributed by atoms with Gasteiger partial charge in [0.25, 0.3) is 0 Å². The molecule has 2 aliphatic heterocycles. The van der Waals surface area contributed by atoms with Crippen molar-refractivity contribution < 1.29 is 14.6 Å². The highest BCUT2D eigenvalue weighted by molar-refractivity contribution is 5.67. The molecule has 2 rings (SSSR count). The van der Waals surface area contributed by atoms with E-state index in [0.29, 0.717) is 12.5 Å². The Bertz CT molecular complexity index is 238. The number of rotatable bonds is 5. The number of carbonyl (C=O) groups is 1. The number of carboxylic acids is 1. The van der Waals surface area contributed by atoms with E-state index in [9.17, 15) is 4.79 Å². The monoisotopic (exact) mass is 227 g/mol. The first-order valence-electron chi connectivity index (χ1n) is 6.33. The van der Waals surface area contributed by atoms with Gasteiger partial charge in [0.15, 0.2) is 0 Å². The summed E-state index contributed by atoms with van der Waals surface area (Å²) in [6, 6.07) is 0.263. The fourth-order valence-electron chi connectivity index (χ4n) is 2.80. The Kier molecular flexibility index (Phi) is 4.18. The number of ether oxygens (including phenoxy) is 1. The van der Waals surface area contributed by atoms with Crippen molar-refractivity contribution in [3.63, 3.8) is 0 Å². The van der Waals surface area contributed by atoms with Crippen molar-refractivity contribution >= 4 is 5.97 Å². The lowest BCUT2D eigenvalue weighted by Crippen LogP contribution is -2.33. The van der Waals surface area contributed by atoms with Crippen LogP contribution >= 0.6 is 0 Å². The fourth-order valence-corrected chi connectivity index (χ4v) is 2.80. The van der Waals surface area contributed by atoms with E-state index >= 15 is 0 Å². The third kappa shape index (κ3) is 3.19. The molecule has 16 heavy (non-hydrogen) atoms. The molecule has 0 radical (unpaired) electrons. The minimum absolute atomic E-state index is 0.263. The SMILES string of the molecule is O=C(O)CC1CCCN1CCC1CCCO1. The highest BCUT2D eigenvalue weighted by Gasteiger charge is 2.27. The molecule has 2 heterocycles. The number of hydrogen-bond acceptors (Lipinski definition) is 3. The van der Waals surface area contributed by atoms with Gasteiger partial charge >= 0.3 is 5.97 Å². The van der Waals surface area contributed by atoms with Crippen molar-refractivity contribution in [1.29, 1.82) is 0 Å². The van der Waals surface area contributed by atoms with Crippen molar-refractivity contribution in [3.8, 4) is 0 Å². The third-order valence-corrected chi connectivity index (χ3v) is 3.67. The Balaban J connectivity index is 1.72. The van der Waals surface area contributed by atoms with E-state index in [2.05, 4.69) is 4.90 Å².